The highest BCUT2D eigenvalue weighted by atomic mass is 35.5. The second-order valence-corrected chi connectivity index (χ2v) is 9.04. The minimum atomic E-state index is -0.612. The monoisotopic (exact) mass is 476 g/mol. The molecule has 0 aliphatic carbocycles. The maximum Gasteiger partial charge on any atom is 0.243 e. The molecule has 0 fully saturated rings. The number of hydrogen-bond donors (Lipinski definition) is 1. The van der Waals surface area contributed by atoms with Gasteiger partial charge < -0.3 is 10.2 Å². The topological polar surface area (TPSA) is 49.4 Å². The molecule has 0 bridgehead atoms. The van der Waals surface area contributed by atoms with E-state index in [0.29, 0.717) is 24.5 Å². The van der Waals surface area contributed by atoms with Gasteiger partial charge in [-0.2, -0.15) is 0 Å². The zero-order valence-corrected chi connectivity index (χ0v) is 20.7. The lowest BCUT2D eigenvalue weighted by Crippen LogP contribution is -2.51. The minimum absolute atomic E-state index is 0.0860. The number of rotatable bonds is 11. The van der Waals surface area contributed by atoms with E-state index in [2.05, 4.69) is 12.2 Å². The van der Waals surface area contributed by atoms with E-state index in [0.717, 1.165) is 35.1 Å². The van der Waals surface area contributed by atoms with Crippen LogP contribution >= 0.6 is 11.6 Å². The number of nitrogens with one attached hydrogen (secondary N) is 1. The number of halogens is 1. The van der Waals surface area contributed by atoms with Crippen LogP contribution in [0.4, 0.5) is 0 Å². The summed E-state index contributed by atoms with van der Waals surface area (Å²) in [6.07, 6.45) is 2.56. The molecule has 0 saturated carbocycles. The molecule has 4 nitrogen and oxygen atoms in total. The zero-order chi connectivity index (χ0) is 24.3. The Bertz CT molecular complexity index is 1070. The lowest BCUT2D eigenvalue weighted by Gasteiger charge is -2.32. The normalized spacial score (nSPS) is 11.6. The number of aryl methyl sites for hydroxylation is 1. The molecule has 3 aromatic rings. The van der Waals surface area contributed by atoms with E-state index in [1.165, 1.54) is 0 Å². The van der Waals surface area contributed by atoms with Gasteiger partial charge in [-0.05, 0) is 47.7 Å². The molecule has 0 aromatic heterocycles. The van der Waals surface area contributed by atoms with Crippen molar-refractivity contribution in [1.82, 2.24) is 10.2 Å². The minimum Gasteiger partial charge on any atom is -0.354 e. The molecule has 0 spiro atoms. The standard InChI is InChI=1S/C29H33ClN2O2/c1-3-4-18-31-29(34)27(19-23-11-6-5-7-12-23)32(21-25-13-9-8-10-22(25)2)28(33)20-24-14-16-26(30)17-15-24/h5-17,27H,3-4,18-21H2,1-2H3,(H,31,34)/t27-/m0/s1. The zero-order valence-electron chi connectivity index (χ0n) is 20.0. The van der Waals surface area contributed by atoms with Crippen LogP contribution in [0.3, 0.4) is 0 Å². The highest BCUT2D eigenvalue weighted by Crippen LogP contribution is 2.19. The summed E-state index contributed by atoms with van der Waals surface area (Å²) in [5, 5.41) is 3.69. The molecule has 1 atom stereocenters. The lowest BCUT2D eigenvalue weighted by atomic mass is 10.0. The smallest absolute Gasteiger partial charge is 0.243 e. The van der Waals surface area contributed by atoms with Gasteiger partial charge in [0.15, 0.2) is 0 Å². The molecule has 5 heteroatoms. The highest BCUT2D eigenvalue weighted by Gasteiger charge is 2.30. The van der Waals surface area contributed by atoms with Crippen molar-refractivity contribution in [3.8, 4) is 0 Å². The first-order valence-corrected chi connectivity index (χ1v) is 12.3. The molecule has 3 aromatic carbocycles. The van der Waals surface area contributed by atoms with Crippen molar-refractivity contribution in [1.29, 1.82) is 0 Å². The van der Waals surface area contributed by atoms with E-state index < -0.39 is 6.04 Å². The molecule has 34 heavy (non-hydrogen) atoms. The van der Waals surface area contributed by atoms with Crippen LogP contribution in [-0.4, -0.2) is 29.3 Å². The fourth-order valence-electron chi connectivity index (χ4n) is 3.91. The summed E-state index contributed by atoms with van der Waals surface area (Å²) >= 11 is 6.03. The van der Waals surface area contributed by atoms with E-state index in [9.17, 15) is 9.59 Å². The third-order valence-corrected chi connectivity index (χ3v) is 6.22. The molecular formula is C29H33ClN2O2. The Balaban J connectivity index is 1.94. The second-order valence-electron chi connectivity index (χ2n) is 8.60. The van der Waals surface area contributed by atoms with Gasteiger partial charge in [0.05, 0.1) is 6.42 Å². The molecule has 0 unspecified atom stereocenters. The molecule has 0 saturated heterocycles. The third kappa shape index (κ3) is 7.46. The number of unbranched alkanes of at least 4 members (excludes halogenated alkanes) is 1. The van der Waals surface area contributed by atoms with Gasteiger partial charge in [-0.15, -0.1) is 0 Å². The third-order valence-electron chi connectivity index (χ3n) is 5.97. The number of nitrogens with zero attached hydrogens (tertiary/aromatic N) is 1. The van der Waals surface area contributed by atoms with Gasteiger partial charge in [0.1, 0.15) is 6.04 Å². The molecule has 0 heterocycles. The highest BCUT2D eigenvalue weighted by molar-refractivity contribution is 6.30. The summed E-state index contributed by atoms with van der Waals surface area (Å²) in [7, 11) is 0. The predicted molar refractivity (Wildman–Crippen MR) is 139 cm³/mol. The molecule has 1 N–H and O–H groups in total. The molecule has 178 valence electrons. The quantitative estimate of drug-likeness (QED) is 0.358. The van der Waals surface area contributed by atoms with Crippen molar-refractivity contribution in [2.24, 2.45) is 0 Å². The predicted octanol–water partition coefficient (Wildman–Crippen LogP) is 5.75. The van der Waals surface area contributed by atoms with Gasteiger partial charge in [-0.1, -0.05) is 91.7 Å². The fraction of sp³-hybridized carbons (Fsp3) is 0.310. The number of amides is 2. The van der Waals surface area contributed by atoms with Gasteiger partial charge in [0.25, 0.3) is 0 Å². The van der Waals surface area contributed by atoms with Crippen LogP contribution in [0.1, 0.15) is 42.0 Å². The van der Waals surface area contributed by atoms with E-state index in [1.54, 1.807) is 17.0 Å². The molecule has 0 aliphatic rings. The number of benzene rings is 3. The van der Waals surface area contributed by atoms with Crippen molar-refractivity contribution >= 4 is 23.4 Å². The van der Waals surface area contributed by atoms with Crippen LogP contribution in [0, 0.1) is 6.92 Å². The lowest BCUT2D eigenvalue weighted by molar-refractivity contribution is -0.140. The van der Waals surface area contributed by atoms with Gasteiger partial charge in [-0.3, -0.25) is 9.59 Å². The van der Waals surface area contributed by atoms with Crippen molar-refractivity contribution in [2.75, 3.05) is 6.54 Å². The maximum atomic E-state index is 13.7. The second kappa shape index (κ2) is 13.0. The van der Waals surface area contributed by atoms with Crippen LogP contribution in [0.25, 0.3) is 0 Å². The van der Waals surface area contributed by atoms with Gasteiger partial charge in [-0.25, -0.2) is 0 Å². The van der Waals surface area contributed by atoms with E-state index >= 15 is 0 Å². The summed E-state index contributed by atoms with van der Waals surface area (Å²) in [5.41, 5.74) is 4.02. The summed E-state index contributed by atoms with van der Waals surface area (Å²) in [6, 6.07) is 24.6. The van der Waals surface area contributed by atoms with Gasteiger partial charge in [0, 0.05) is 24.5 Å². The largest absolute Gasteiger partial charge is 0.354 e. The molecule has 3 rings (SSSR count). The average Bonchev–Trinajstić information content (AvgIpc) is 2.84. The van der Waals surface area contributed by atoms with E-state index in [1.807, 2.05) is 73.7 Å². The number of carbonyl (C=O) groups excluding carboxylic acids is 2. The Labute approximate surface area is 207 Å². The summed E-state index contributed by atoms with van der Waals surface area (Å²) in [4.78, 5) is 28.9. The van der Waals surface area contributed by atoms with Crippen LogP contribution in [-0.2, 0) is 29.0 Å². The average molecular weight is 477 g/mol. The Morgan fingerprint density at radius 2 is 1.59 bits per heavy atom. The molecule has 0 aliphatic heterocycles. The fourth-order valence-corrected chi connectivity index (χ4v) is 4.04. The number of carbonyl (C=O) groups is 2. The summed E-state index contributed by atoms with van der Waals surface area (Å²) in [6.45, 7) is 5.10. The Hall–Kier alpha value is -3.11. The van der Waals surface area contributed by atoms with Crippen molar-refractivity contribution < 1.29 is 9.59 Å². The van der Waals surface area contributed by atoms with Gasteiger partial charge >= 0.3 is 0 Å². The first-order valence-electron chi connectivity index (χ1n) is 11.9. The van der Waals surface area contributed by atoms with E-state index in [4.69, 9.17) is 11.6 Å². The molecule has 2 amide bonds. The Kier molecular flexibility index (Phi) is 9.72. The maximum absolute atomic E-state index is 13.7. The van der Waals surface area contributed by atoms with E-state index in [-0.39, 0.29) is 18.2 Å². The summed E-state index contributed by atoms with van der Waals surface area (Å²) in [5.74, 6) is -0.201. The van der Waals surface area contributed by atoms with Crippen LogP contribution in [0.2, 0.25) is 5.02 Å². The van der Waals surface area contributed by atoms with Gasteiger partial charge in [0.2, 0.25) is 11.8 Å². The Morgan fingerprint density at radius 3 is 2.26 bits per heavy atom. The summed E-state index contributed by atoms with van der Waals surface area (Å²) < 4.78 is 0. The van der Waals surface area contributed by atoms with Crippen LogP contribution < -0.4 is 5.32 Å². The van der Waals surface area contributed by atoms with Crippen LogP contribution in [0.15, 0.2) is 78.9 Å². The first-order chi connectivity index (χ1) is 16.5. The Morgan fingerprint density at radius 1 is 0.912 bits per heavy atom. The van der Waals surface area contributed by atoms with Crippen molar-refractivity contribution in [2.45, 2.75) is 52.1 Å². The van der Waals surface area contributed by atoms with Crippen molar-refractivity contribution in [3.63, 3.8) is 0 Å². The number of hydrogen-bond acceptors (Lipinski definition) is 2. The SMILES string of the molecule is CCCCNC(=O)[C@H](Cc1ccccc1)N(Cc1ccccc1C)C(=O)Cc1ccc(Cl)cc1. The van der Waals surface area contributed by atoms with Crippen LogP contribution in [0.5, 0.6) is 0 Å². The van der Waals surface area contributed by atoms with Crippen molar-refractivity contribution in [3.05, 3.63) is 106 Å². The molecule has 0 radical (unpaired) electrons. The molecular weight excluding hydrogens is 444 g/mol. The first kappa shape index (κ1) is 25.5.